The van der Waals surface area contributed by atoms with E-state index in [1.165, 1.54) is 12.1 Å². The van der Waals surface area contributed by atoms with Crippen molar-refractivity contribution in [3.05, 3.63) is 35.9 Å². The molecule has 0 amide bonds. The molecule has 1 fully saturated rings. The van der Waals surface area contributed by atoms with Crippen LogP contribution < -0.4 is 5.32 Å². The maximum absolute atomic E-state index is 14.3. The van der Waals surface area contributed by atoms with E-state index in [1.54, 1.807) is 18.2 Å². The van der Waals surface area contributed by atoms with Crippen molar-refractivity contribution in [2.75, 3.05) is 26.2 Å². The van der Waals surface area contributed by atoms with Gasteiger partial charge in [-0.2, -0.15) is 8.78 Å². The van der Waals surface area contributed by atoms with Crippen LogP contribution in [0.3, 0.4) is 0 Å². The smallest absolute Gasteiger partial charge is 0.285 e. The summed E-state index contributed by atoms with van der Waals surface area (Å²) in [6.07, 6.45) is 3.11. The predicted octanol–water partition coefficient (Wildman–Crippen LogP) is 3.24. The number of hydrogen-bond donors (Lipinski definition) is 1. The first-order valence-electron chi connectivity index (χ1n) is 7.51. The standard InChI is InChI=1S/C16H24F2N2/c1-2-10-19-12-15-9-6-11-20(15)13-16(17,18)14-7-4-3-5-8-14/h3-5,7-8,15,19H,2,6,9-13H2,1H3. The van der Waals surface area contributed by atoms with E-state index in [0.29, 0.717) is 0 Å². The molecule has 0 saturated carbocycles. The molecular weight excluding hydrogens is 258 g/mol. The fourth-order valence-electron chi connectivity index (χ4n) is 2.81. The Labute approximate surface area is 120 Å². The predicted molar refractivity (Wildman–Crippen MR) is 78.1 cm³/mol. The molecule has 2 rings (SSSR count). The number of benzene rings is 1. The van der Waals surface area contributed by atoms with Crippen LogP contribution in [0.4, 0.5) is 8.78 Å². The van der Waals surface area contributed by atoms with Crippen molar-refractivity contribution in [2.45, 2.75) is 38.2 Å². The Kier molecular flexibility index (Phi) is 5.49. The molecule has 2 nitrogen and oxygen atoms in total. The zero-order valence-corrected chi connectivity index (χ0v) is 12.1. The molecule has 112 valence electrons. The summed E-state index contributed by atoms with van der Waals surface area (Å²) >= 11 is 0. The van der Waals surface area contributed by atoms with Gasteiger partial charge in [-0.1, -0.05) is 37.3 Å². The molecule has 0 spiro atoms. The second-order valence-corrected chi connectivity index (χ2v) is 5.54. The summed E-state index contributed by atoms with van der Waals surface area (Å²) in [5.41, 5.74) is 0.118. The van der Waals surface area contributed by atoms with Gasteiger partial charge in [0.1, 0.15) is 0 Å². The molecule has 1 aliphatic heterocycles. The lowest BCUT2D eigenvalue weighted by molar-refractivity contribution is -0.0407. The minimum Gasteiger partial charge on any atom is -0.315 e. The zero-order chi connectivity index (χ0) is 14.4. The van der Waals surface area contributed by atoms with Gasteiger partial charge in [0.2, 0.25) is 0 Å². The number of rotatable bonds is 7. The van der Waals surface area contributed by atoms with Gasteiger partial charge in [0.25, 0.3) is 5.92 Å². The summed E-state index contributed by atoms with van der Waals surface area (Å²) in [5, 5.41) is 3.35. The lowest BCUT2D eigenvalue weighted by Gasteiger charge is -2.29. The monoisotopic (exact) mass is 282 g/mol. The van der Waals surface area contributed by atoms with E-state index < -0.39 is 5.92 Å². The SMILES string of the molecule is CCCNCC1CCCN1CC(F)(F)c1ccccc1. The van der Waals surface area contributed by atoms with E-state index in [2.05, 4.69) is 12.2 Å². The van der Waals surface area contributed by atoms with Crippen molar-refractivity contribution < 1.29 is 8.78 Å². The summed E-state index contributed by atoms with van der Waals surface area (Å²) in [7, 11) is 0. The normalized spacial score (nSPS) is 20.4. The number of nitrogens with zero attached hydrogens (tertiary/aromatic N) is 1. The molecule has 1 N–H and O–H groups in total. The average Bonchev–Trinajstić information content (AvgIpc) is 2.87. The molecule has 0 bridgehead atoms. The van der Waals surface area contributed by atoms with E-state index in [9.17, 15) is 8.78 Å². The van der Waals surface area contributed by atoms with Gasteiger partial charge < -0.3 is 5.32 Å². The van der Waals surface area contributed by atoms with Crippen LogP contribution in [0.25, 0.3) is 0 Å². The Hall–Kier alpha value is -1.00. The fraction of sp³-hybridized carbons (Fsp3) is 0.625. The second-order valence-electron chi connectivity index (χ2n) is 5.54. The number of nitrogens with one attached hydrogen (secondary N) is 1. The van der Waals surface area contributed by atoms with Gasteiger partial charge in [-0.3, -0.25) is 4.90 Å². The van der Waals surface area contributed by atoms with E-state index >= 15 is 0 Å². The molecule has 1 atom stereocenters. The highest BCUT2D eigenvalue weighted by atomic mass is 19.3. The number of hydrogen-bond acceptors (Lipinski definition) is 2. The highest BCUT2D eigenvalue weighted by Gasteiger charge is 2.37. The lowest BCUT2D eigenvalue weighted by atomic mass is 10.1. The number of alkyl halides is 2. The van der Waals surface area contributed by atoms with Gasteiger partial charge in [0, 0.05) is 18.2 Å². The highest BCUT2D eigenvalue weighted by molar-refractivity contribution is 5.20. The Morgan fingerprint density at radius 3 is 2.75 bits per heavy atom. The molecule has 0 aromatic heterocycles. The van der Waals surface area contributed by atoms with Crippen LogP contribution in [-0.2, 0) is 5.92 Å². The van der Waals surface area contributed by atoms with E-state index in [4.69, 9.17) is 0 Å². The first-order chi connectivity index (χ1) is 9.63. The van der Waals surface area contributed by atoms with Crippen molar-refractivity contribution in [3.63, 3.8) is 0 Å². The van der Waals surface area contributed by atoms with Gasteiger partial charge in [-0.25, -0.2) is 0 Å². The maximum Gasteiger partial charge on any atom is 0.285 e. The maximum atomic E-state index is 14.3. The Balaban J connectivity index is 1.94. The summed E-state index contributed by atoms with van der Waals surface area (Å²) in [6, 6.07) is 8.39. The number of likely N-dealkylation sites (tertiary alicyclic amines) is 1. The molecular formula is C16H24F2N2. The van der Waals surface area contributed by atoms with Gasteiger partial charge in [-0.15, -0.1) is 0 Å². The van der Waals surface area contributed by atoms with Crippen molar-refractivity contribution >= 4 is 0 Å². The Morgan fingerprint density at radius 2 is 2.05 bits per heavy atom. The van der Waals surface area contributed by atoms with Crippen molar-refractivity contribution in [1.82, 2.24) is 10.2 Å². The highest BCUT2D eigenvalue weighted by Crippen LogP contribution is 2.31. The van der Waals surface area contributed by atoms with Crippen LogP contribution in [-0.4, -0.2) is 37.1 Å². The van der Waals surface area contributed by atoms with Crippen LogP contribution in [0, 0.1) is 0 Å². The third-order valence-corrected chi connectivity index (χ3v) is 3.90. The number of halogens is 2. The molecule has 1 aromatic carbocycles. The molecule has 1 aliphatic rings. The first-order valence-corrected chi connectivity index (χ1v) is 7.51. The summed E-state index contributed by atoms with van der Waals surface area (Å²) in [6.45, 7) is 4.50. The van der Waals surface area contributed by atoms with Crippen LogP contribution >= 0.6 is 0 Å². The van der Waals surface area contributed by atoms with Crippen LogP contribution in [0.2, 0.25) is 0 Å². The molecule has 0 radical (unpaired) electrons. The van der Waals surface area contributed by atoms with Crippen LogP contribution in [0.1, 0.15) is 31.7 Å². The summed E-state index contributed by atoms with van der Waals surface area (Å²) in [4.78, 5) is 1.94. The molecule has 1 saturated heterocycles. The van der Waals surface area contributed by atoms with Crippen molar-refractivity contribution in [3.8, 4) is 0 Å². The minimum atomic E-state index is -2.77. The van der Waals surface area contributed by atoms with Crippen molar-refractivity contribution in [1.29, 1.82) is 0 Å². The second kappa shape index (κ2) is 7.14. The van der Waals surface area contributed by atoms with Crippen LogP contribution in [0.15, 0.2) is 30.3 Å². The van der Waals surface area contributed by atoms with Gasteiger partial charge in [0.05, 0.1) is 6.54 Å². The van der Waals surface area contributed by atoms with E-state index in [0.717, 1.165) is 38.9 Å². The average molecular weight is 282 g/mol. The quantitative estimate of drug-likeness (QED) is 0.772. The molecule has 1 aromatic rings. The molecule has 1 unspecified atom stereocenters. The third-order valence-electron chi connectivity index (χ3n) is 3.90. The van der Waals surface area contributed by atoms with Gasteiger partial charge in [0.15, 0.2) is 0 Å². The van der Waals surface area contributed by atoms with Gasteiger partial charge >= 0.3 is 0 Å². The molecule has 1 heterocycles. The Bertz CT molecular complexity index is 395. The molecule has 0 aliphatic carbocycles. The lowest BCUT2D eigenvalue weighted by Crippen LogP contribution is -2.43. The Morgan fingerprint density at radius 1 is 1.30 bits per heavy atom. The largest absolute Gasteiger partial charge is 0.315 e. The van der Waals surface area contributed by atoms with E-state index in [-0.39, 0.29) is 18.2 Å². The minimum absolute atomic E-state index is 0.118. The summed E-state index contributed by atoms with van der Waals surface area (Å²) < 4.78 is 28.6. The summed E-state index contributed by atoms with van der Waals surface area (Å²) in [5.74, 6) is -2.77. The topological polar surface area (TPSA) is 15.3 Å². The molecule has 4 heteroatoms. The zero-order valence-electron chi connectivity index (χ0n) is 12.1. The fourth-order valence-corrected chi connectivity index (χ4v) is 2.81. The third kappa shape index (κ3) is 4.00. The molecule has 20 heavy (non-hydrogen) atoms. The van der Waals surface area contributed by atoms with Gasteiger partial charge in [-0.05, 0) is 32.4 Å². The van der Waals surface area contributed by atoms with Crippen molar-refractivity contribution in [2.24, 2.45) is 0 Å². The first kappa shape index (κ1) is 15.4. The van der Waals surface area contributed by atoms with E-state index in [1.807, 2.05) is 4.90 Å². The van der Waals surface area contributed by atoms with Crippen LogP contribution in [0.5, 0.6) is 0 Å².